The highest BCUT2D eigenvalue weighted by Crippen LogP contribution is 2.39. The van der Waals surface area contributed by atoms with Crippen LogP contribution < -0.4 is 5.73 Å². The number of rotatable bonds is 2. The summed E-state index contributed by atoms with van der Waals surface area (Å²) < 4.78 is 5.27. The summed E-state index contributed by atoms with van der Waals surface area (Å²) in [5.74, 6) is 2.78. The number of furan rings is 1. The largest absolute Gasteiger partial charge is 0.469 e. The van der Waals surface area contributed by atoms with E-state index in [1.165, 1.54) is 12.8 Å². The third-order valence-electron chi connectivity index (χ3n) is 2.84. The number of aromatic nitrogens is 2. The van der Waals surface area contributed by atoms with Gasteiger partial charge in [-0.2, -0.15) is 0 Å². The predicted molar refractivity (Wildman–Crippen MR) is 60.9 cm³/mol. The maximum absolute atomic E-state index is 5.80. The van der Waals surface area contributed by atoms with Gasteiger partial charge in [-0.25, -0.2) is 9.97 Å². The highest BCUT2D eigenvalue weighted by atomic mass is 16.3. The SMILES string of the molecule is Cc1occc1-c1cc(N)nc(C2CC2)n1. The minimum Gasteiger partial charge on any atom is -0.469 e. The van der Waals surface area contributed by atoms with Gasteiger partial charge in [0.1, 0.15) is 17.4 Å². The molecule has 1 aliphatic rings. The Bertz CT molecular complexity index is 529. The van der Waals surface area contributed by atoms with Crippen LogP contribution in [0.5, 0.6) is 0 Å². The summed E-state index contributed by atoms with van der Waals surface area (Å²) in [5.41, 5.74) is 7.66. The zero-order valence-electron chi connectivity index (χ0n) is 9.10. The van der Waals surface area contributed by atoms with Crippen molar-refractivity contribution in [3.05, 3.63) is 30.0 Å². The summed E-state index contributed by atoms with van der Waals surface area (Å²) in [6.45, 7) is 1.92. The average Bonchev–Trinajstić information content (AvgIpc) is 3.01. The van der Waals surface area contributed by atoms with Gasteiger partial charge >= 0.3 is 0 Å². The van der Waals surface area contributed by atoms with Crippen LogP contribution in [0, 0.1) is 6.92 Å². The van der Waals surface area contributed by atoms with E-state index in [1.54, 1.807) is 12.3 Å². The Labute approximate surface area is 93.5 Å². The molecule has 0 atom stereocenters. The lowest BCUT2D eigenvalue weighted by molar-refractivity contribution is 0.535. The second-order valence-corrected chi connectivity index (χ2v) is 4.20. The van der Waals surface area contributed by atoms with Gasteiger partial charge in [-0.15, -0.1) is 0 Å². The molecule has 0 aromatic carbocycles. The molecular formula is C12H13N3O. The van der Waals surface area contributed by atoms with E-state index in [4.69, 9.17) is 10.2 Å². The summed E-state index contributed by atoms with van der Waals surface area (Å²) >= 11 is 0. The first kappa shape index (κ1) is 9.39. The Morgan fingerprint density at radius 2 is 2.19 bits per heavy atom. The van der Waals surface area contributed by atoms with Crippen molar-refractivity contribution in [2.45, 2.75) is 25.7 Å². The van der Waals surface area contributed by atoms with E-state index in [0.29, 0.717) is 11.7 Å². The van der Waals surface area contributed by atoms with Crippen molar-refractivity contribution in [1.82, 2.24) is 9.97 Å². The van der Waals surface area contributed by atoms with Gasteiger partial charge in [0, 0.05) is 17.5 Å². The number of anilines is 1. The minimum absolute atomic E-state index is 0.509. The minimum atomic E-state index is 0.509. The van der Waals surface area contributed by atoms with Gasteiger partial charge < -0.3 is 10.2 Å². The zero-order chi connectivity index (χ0) is 11.1. The average molecular weight is 215 g/mol. The van der Waals surface area contributed by atoms with Gasteiger partial charge in [0.2, 0.25) is 0 Å². The zero-order valence-corrected chi connectivity index (χ0v) is 9.10. The van der Waals surface area contributed by atoms with Crippen LogP contribution in [0.2, 0.25) is 0 Å². The molecule has 1 saturated carbocycles. The molecule has 82 valence electrons. The Morgan fingerprint density at radius 3 is 2.81 bits per heavy atom. The fraction of sp³-hybridized carbons (Fsp3) is 0.333. The molecule has 4 nitrogen and oxygen atoms in total. The number of nitrogen functional groups attached to an aromatic ring is 1. The maximum Gasteiger partial charge on any atom is 0.134 e. The molecule has 4 heteroatoms. The van der Waals surface area contributed by atoms with Gasteiger partial charge in [0.25, 0.3) is 0 Å². The Morgan fingerprint density at radius 1 is 1.38 bits per heavy atom. The molecule has 2 aromatic heterocycles. The van der Waals surface area contributed by atoms with E-state index in [-0.39, 0.29) is 0 Å². The Hall–Kier alpha value is -1.84. The lowest BCUT2D eigenvalue weighted by Crippen LogP contribution is -2.00. The normalized spacial score (nSPS) is 15.3. The molecule has 0 aliphatic heterocycles. The summed E-state index contributed by atoms with van der Waals surface area (Å²) in [5, 5.41) is 0. The Kier molecular flexibility index (Phi) is 1.96. The van der Waals surface area contributed by atoms with E-state index >= 15 is 0 Å². The molecule has 2 heterocycles. The monoisotopic (exact) mass is 215 g/mol. The first-order valence-corrected chi connectivity index (χ1v) is 5.43. The molecule has 0 amide bonds. The smallest absolute Gasteiger partial charge is 0.134 e. The molecule has 0 saturated heterocycles. The van der Waals surface area contributed by atoms with Crippen molar-refractivity contribution in [2.24, 2.45) is 0 Å². The standard InChI is InChI=1S/C12H13N3O/c1-7-9(4-5-16-7)10-6-11(13)15-12(14-10)8-2-3-8/h4-6,8H,2-3H2,1H3,(H2,13,14,15). The highest BCUT2D eigenvalue weighted by molar-refractivity contribution is 5.63. The fourth-order valence-corrected chi connectivity index (χ4v) is 1.80. The molecule has 3 rings (SSSR count). The molecule has 0 spiro atoms. The van der Waals surface area contributed by atoms with E-state index in [9.17, 15) is 0 Å². The van der Waals surface area contributed by atoms with Crippen LogP contribution in [0.15, 0.2) is 22.8 Å². The first-order valence-electron chi connectivity index (χ1n) is 5.43. The van der Waals surface area contributed by atoms with Crippen molar-refractivity contribution in [3.8, 4) is 11.3 Å². The van der Waals surface area contributed by atoms with Crippen LogP contribution in [0.4, 0.5) is 5.82 Å². The van der Waals surface area contributed by atoms with Crippen molar-refractivity contribution >= 4 is 5.82 Å². The van der Waals surface area contributed by atoms with Crippen LogP contribution in [0.3, 0.4) is 0 Å². The molecule has 2 N–H and O–H groups in total. The summed E-state index contributed by atoms with van der Waals surface area (Å²) in [6, 6.07) is 3.71. The van der Waals surface area contributed by atoms with Crippen LogP contribution in [-0.4, -0.2) is 9.97 Å². The quantitative estimate of drug-likeness (QED) is 0.835. The molecule has 0 bridgehead atoms. The Balaban J connectivity index is 2.10. The van der Waals surface area contributed by atoms with Crippen LogP contribution in [-0.2, 0) is 0 Å². The van der Waals surface area contributed by atoms with E-state index < -0.39 is 0 Å². The van der Waals surface area contributed by atoms with Crippen LogP contribution in [0.1, 0.15) is 30.3 Å². The second kappa shape index (κ2) is 3.33. The van der Waals surface area contributed by atoms with Gasteiger partial charge in [0.05, 0.1) is 12.0 Å². The number of hydrogen-bond acceptors (Lipinski definition) is 4. The highest BCUT2D eigenvalue weighted by Gasteiger charge is 2.27. The van der Waals surface area contributed by atoms with E-state index in [1.807, 2.05) is 13.0 Å². The third-order valence-corrected chi connectivity index (χ3v) is 2.84. The molecule has 0 unspecified atom stereocenters. The number of hydrogen-bond donors (Lipinski definition) is 1. The summed E-state index contributed by atoms with van der Waals surface area (Å²) in [6.07, 6.45) is 4.01. The van der Waals surface area contributed by atoms with Gasteiger partial charge in [-0.3, -0.25) is 0 Å². The first-order chi connectivity index (χ1) is 7.74. The van der Waals surface area contributed by atoms with Crippen molar-refractivity contribution in [2.75, 3.05) is 5.73 Å². The van der Waals surface area contributed by atoms with Crippen molar-refractivity contribution in [1.29, 1.82) is 0 Å². The number of nitrogens with zero attached hydrogens (tertiary/aromatic N) is 2. The van der Waals surface area contributed by atoms with Gasteiger partial charge in [0.15, 0.2) is 0 Å². The maximum atomic E-state index is 5.80. The third kappa shape index (κ3) is 1.56. The summed E-state index contributed by atoms with van der Waals surface area (Å²) in [4.78, 5) is 8.82. The molecule has 1 aliphatic carbocycles. The topological polar surface area (TPSA) is 64.9 Å². The number of nitrogens with two attached hydrogens (primary N) is 1. The van der Waals surface area contributed by atoms with Crippen molar-refractivity contribution < 1.29 is 4.42 Å². The molecule has 2 aromatic rings. The molecule has 0 radical (unpaired) electrons. The van der Waals surface area contributed by atoms with E-state index in [2.05, 4.69) is 9.97 Å². The second-order valence-electron chi connectivity index (χ2n) is 4.20. The fourth-order valence-electron chi connectivity index (χ4n) is 1.80. The lowest BCUT2D eigenvalue weighted by atomic mass is 10.2. The van der Waals surface area contributed by atoms with Crippen molar-refractivity contribution in [3.63, 3.8) is 0 Å². The van der Waals surface area contributed by atoms with Gasteiger partial charge in [-0.05, 0) is 25.8 Å². The molecular weight excluding hydrogens is 202 g/mol. The van der Waals surface area contributed by atoms with Crippen LogP contribution in [0.25, 0.3) is 11.3 Å². The summed E-state index contributed by atoms with van der Waals surface area (Å²) in [7, 11) is 0. The number of aryl methyl sites for hydroxylation is 1. The van der Waals surface area contributed by atoms with Gasteiger partial charge in [-0.1, -0.05) is 0 Å². The molecule has 1 fully saturated rings. The van der Waals surface area contributed by atoms with E-state index in [0.717, 1.165) is 22.8 Å². The van der Waals surface area contributed by atoms with Crippen LogP contribution >= 0.6 is 0 Å². The predicted octanol–water partition coefficient (Wildman–Crippen LogP) is 2.50. The molecule has 16 heavy (non-hydrogen) atoms. The lowest BCUT2D eigenvalue weighted by Gasteiger charge is -2.03.